The van der Waals surface area contributed by atoms with E-state index in [1.807, 2.05) is 30.3 Å². The molecule has 118 valence electrons. The Kier molecular flexibility index (Phi) is 4.16. The first-order chi connectivity index (χ1) is 11.3. The van der Waals surface area contributed by atoms with Crippen LogP contribution in [0.2, 0.25) is 0 Å². The number of hydrogen-bond acceptors (Lipinski definition) is 2. The van der Waals surface area contributed by atoms with Gasteiger partial charge < -0.3 is 10.3 Å². The van der Waals surface area contributed by atoms with Crippen molar-refractivity contribution in [3.8, 4) is 6.07 Å². The van der Waals surface area contributed by atoms with E-state index in [-0.39, 0.29) is 12.4 Å². The number of rotatable bonds is 2. The van der Waals surface area contributed by atoms with Gasteiger partial charge in [0.1, 0.15) is 5.82 Å². The van der Waals surface area contributed by atoms with Gasteiger partial charge >= 0.3 is 0 Å². The Hall–Kier alpha value is -2.96. The normalized spacial score (nSPS) is 10.5. The van der Waals surface area contributed by atoms with E-state index in [1.165, 1.54) is 16.3 Å². The molecule has 1 heterocycles. The third-order valence-corrected chi connectivity index (χ3v) is 4.27. The third-order valence-electron chi connectivity index (χ3n) is 4.27. The van der Waals surface area contributed by atoms with Crippen molar-refractivity contribution in [3.63, 3.8) is 0 Å². The predicted octanol–water partition coefficient (Wildman–Crippen LogP) is 4.72. The monoisotopic (exact) mass is 333 g/mol. The number of aromatic nitrogens is 1. The Balaban J connectivity index is 0.00000169. The second kappa shape index (κ2) is 6.27. The number of nitrogens with two attached hydrogens (primary N) is 1. The number of nitriles is 1. The molecule has 24 heavy (non-hydrogen) atoms. The maximum absolute atomic E-state index is 9.14. The minimum atomic E-state index is 0. The van der Waals surface area contributed by atoms with Crippen LogP contribution in [0.1, 0.15) is 11.1 Å². The van der Waals surface area contributed by atoms with E-state index in [9.17, 15) is 0 Å². The molecule has 0 radical (unpaired) electrons. The highest BCUT2D eigenvalue weighted by atomic mass is 35.5. The van der Waals surface area contributed by atoms with Crippen molar-refractivity contribution in [2.75, 3.05) is 5.73 Å². The fraction of sp³-hybridized carbons (Fsp3) is 0.0500. The molecule has 1 aromatic heterocycles. The zero-order valence-corrected chi connectivity index (χ0v) is 13.8. The van der Waals surface area contributed by atoms with Gasteiger partial charge in [-0.25, -0.2) is 0 Å². The summed E-state index contributed by atoms with van der Waals surface area (Å²) >= 11 is 0. The minimum Gasteiger partial charge on any atom is -0.385 e. The standard InChI is InChI=1S/C20H15N3.ClH/c21-12-14-8-9-16-11-20(22)23(19(16)10-14)13-17-6-3-5-15-4-1-2-7-18(15)17;/h1-11H,13,22H2;1H. The zero-order valence-electron chi connectivity index (χ0n) is 12.9. The largest absolute Gasteiger partial charge is 0.385 e. The molecular formula is C20H16ClN3. The number of fused-ring (bicyclic) bond motifs is 2. The van der Waals surface area contributed by atoms with Gasteiger partial charge in [-0.1, -0.05) is 48.5 Å². The van der Waals surface area contributed by atoms with E-state index in [0.29, 0.717) is 17.9 Å². The average molecular weight is 334 g/mol. The molecule has 0 atom stereocenters. The lowest BCUT2D eigenvalue weighted by Gasteiger charge is -2.11. The van der Waals surface area contributed by atoms with E-state index in [2.05, 4.69) is 47.0 Å². The second-order valence-electron chi connectivity index (χ2n) is 5.68. The summed E-state index contributed by atoms with van der Waals surface area (Å²) in [7, 11) is 0. The van der Waals surface area contributed by atoms with Crippen LogP contribution >= 0.6 is 12.4 Å². The lowest BCUT2D eigenvalue weighted by molar-refractivity contribution is 0.854. The Morgan fingerprint density at radius 1 is 0.917 bits per heavy atom. The van der Waals surface area contributed by atoms with Crippen LogP contribution < -0.4 is 5.73 Å². The van der Waals surface area contributed by atoms with Gasteiger partial charge in [-0.2, -0.15) is 5.26 Å². The SMILES string of the molecule is Cl.N#Cc1ccc2cc(N)n(Cc3cccc4ccccc34)c2c1. The zero-order chi connectivity index (χ0) is 15.8. The van der Waals surface area contributed by atoms with Crippen LogP contribution in [0.5, 0.6) is 0 Å². The van der Waals surface area contributed by atoms with Gasteiger partial charge in [-0.05, 0) is 34.5 Å². The molecule has 0 spiro atoms. The Morgan fingerprint density at radius 2 is 1.71 bits per heavy atom. The van der Waals surface area contributed by atoms with Crippen LogP contribution in [-0.2, 0) is 6.54 Å². The summed E-state index contributed by atoms with van der Waals surface area (Å²) in [4.78, 5) is 0. The molecular weight excluding hydrogens is 318 g/mol. The molecule has 0 aliphatic carbocycles. The van der Waals surface area contributed by atoms with Crippen LogP contribution in [0.4, 0.5) is 5.82 Å². The van der Waals surface area contributed by atoms with E-state index in [1.54, 1.807) is 0 Å². The molecule has 0 saturated heterocycles. The van der Waals surface area contributed by atoms with Gasteiger partial charge in [0, 0.05) is 5.39 Å². The molecule has 3 aromatic carbocycles. The molecule has 0 unspecified atom stereocenters. The van der Waals surface area contributed by atoms with Crippen molar-refractivity contribution in [2.24, 2.45) is 0 Å². The smallest absolute Gasteiger partial charge is 0.104 e. The highest BCUT2D eigenvalue weighted by Crippen LogP contribution is 2.26. The van der Waals surface area contributed by atoms with E-state index in [4.69, 9.17) is 11.0 Å². The molecule has 0 aliphatic rings. The van der Waals surface area contributed by atoms with E-state index in [0.717, 1.165) is 10.9 Å². The van der Waals surface area contributed by atoms with Crippen LogP contribution in [0.15, 0.2) is 66.7 Å². The van der Waals surface area contributed by atoms with Crippen molar-refractivity contribution in [1.82, 2.24) is 4.57 Å². The first-order valence-corrected chi connectivity index (χ1v) is 7.52. The first kappa shape index (κ1) is 15.9. The van der Waals surface area contributed by atoms with Gasteiger partial charge in [0.2, 0.25) is 0 Å². The van der Waals surface area contributed by atoms with E-state index >= 15 is 0 Å². The highest BCUT2D eigenvalue weighted by molar-refractivity contribution is 5.88. The summed E-state index contributed by atoms with van der Waals surface area (Å²) in [6, 6.07) is 24.5. The number of benzene rings is 3. The van der Waals surface area contributed by atoms with Crippen LogP contribution in [0.3, 0.4) is 0 Å². The molecule has 4 aromatic rings. The van der Waals surface area contributed by atoms with Crippen LogP contribution in [0, 0.1) is 11.3 Å². The predicted molar refractivity (Wildman–Crippen MR) is 101 cm³/mol. The van der Waals surface area contributed by atoms with Crippen LogP contribution in [-0.4, -0.2) is 4.57 Å². The molecule has 0 aliphatic heterocycles. The molecule has 0 fully saturated rings. The van der Waals surface area contributed by atoms with Crippen LogP contribution in [0.25, 0.3) is 21.7 Å². The van der Waals surface area contributed by atoms with Crippen molar-refractivity contribution in [3.05, 3.63) is 77.9 Å². The number of nitrogens with zero attached hydrogens (tertiary/aromatic N) is 2. The fourth-order valence-electron chi connectivity index (χ4n) is 3.12. The Labute approximate surface area is 146 Å². The minimum absolute atomic E-state index is 0. The summed E-state index contributed by atoms with van der Waals surface area (Å²) in [5.41, 5.74) is 9.08. The number of nitrogen functional groups attached to an aromatic ring is 1. The lowest BCUT2D eigenvalue weighted by atomic mass is 10.0. The summed E-state index contributed by atoms with van der Waals surface area (Å²) in [5.74, 6) is 0.711. The molecule has 0 amide bonds. The Bertz CT molecular complexity index is 1070. The maximum atomic E-state index is 9.14. The van der Waals surface area contributed by atoms with Gasteiger partial charge in [0.15, 0.2) is 0 Å². The molecule has 4 rings (SSSR count). The highest BCUT2D eigenvalue weighted by Gasteiger charge is 2.09. The van der Waals surface area contributed by atoms with Crippen molar-refractivity contribution >= 4 is 39.9 Å². The molecule has 0 saturated carbocycles. The first-order valence-electron chi connectivity index (χ1n) is 7.52. The van der Waals surface area contributed by atoms with Crippen molar-refractivity contribution in [2.45, 2.75) is 6.54 Å². The number of halogens is 1. The topological polar surface area (TPSA) is 54.7 Å². The summed E-state index contributed by atoms with van der Waals surface area (Å²) in [6.07, 6.45) is 0. The second-order valence-corrected chi connectivity index (χ2v) is 5.68. The van der Waals surface area contributed by atoms with E-state index < -0.39 is 0 Å². The molecule has 0 bridgehead atoms. The van der Waals surface area contributed by atoms with Gasteiger partial charge in [0.25, 0.3) is 0 Å². The van der Waals surface area contributed by atoms with Gasteiger partial charge in [-0.15, -0.1) is 12.4 Å². The number of anilines is 1. The third kappa shape index (κ3) is 2.58. The quantitative estimate of drug-likeness (QED) is 0.577. The summed E-state index contributed by atoms with van der Waals surface area (Å²) < 4.78 is 2.07. The average Bonchev–Trinajstić information content (AvgIpc) is 2.90. The lowest BCUT2D eigenvalue weighted by Crippen LogP contribution is -2.04. The van der Waals surface area contributed by atoms with Crippen molar-refractivity contribution < 1.29 is 0 Å². The molecule has 4 heteroatoms. The fourth-order valence-corrected chi connectivity index (χ4v) is 3.12. The summed E-state index contributed by atoms with van der Waals surface area (Å²) in [5, 5.41) is 12.6. The molecule has 3 nitrogen and oxygen atoms in total. The van der Waals surface area contributed by atoms with Gasteiger partial charge in [0.05, 0.1) is 23.7 Å². The maximum Gasteiger partial charge on any atom is 0.104 e. The van der Waals surface area contributed by atoms with Crippen molar-refractivity contribution in [1.29, 1.82) is 5.26 Å². The van der Waals surface area contributed by atoms with Gasteiger partial charge in [-0.3, -0.25) is 0 Å². The number of hydrogen-bond donors (Lipinski definition) is 1. The summed E-state index contributed by atoms with van der Waals surface area (Å²) in [6.45, 7) is 0.686. The molecule has 2 N–H and O–H groups in total. The Morgan fingerprint density at radius 3 is 2.54 bits per heavy atom.